The molecular weight excluding hydrogens is 626 g/mol. The van der Waals surface area contributed by atoms with Crippen molar-refractivity contribution >= 4 is 11.8 Å². The Bertz CT molecular complexity index is 1520. The molecule has 2 amide bonds. The molecule has 5 rings (SSSR count). The van der Waals surface area contributed by atoms with E-state index in [4.69, 9.17) is 9.47 Å². The molecule has 8 heteroatoms. The summed E-state index contributed by atoms with van der Waals surface area (Å²) in [6.07, 6.45) is 9.35. The van der Waals surface area contributed by atoms with E-state index < -0.39 is 6.29 Å². The Kier molecular flexibility index (Phi) is 14.2. The molecule has 0 unspecified atom stereocenters. The van der Waals surface area contributed by atoms with Gasteiger partial charge in [0.1, 0.15) is 0 Å². The van der Waals surface area contributed by atoms with Gasteiger partial charge in [0, 0.05) is 57.0 Å². The summed E-state index contributed by atoms with van der Waals surface area (Å²) < 4.78 is 13.5. The van der Waals surface area contributed by atoms with Crippen LogP contribution in [0.4, 0.5) is 0 Å². The fourth-order valence-electron chi connectivity index (χ4n) is 7.20. The molecule has 8 nitrogen and oxygen atoms in total. The Morgan fingerprint density at radius 3 is 2.34 bits per heavy atom. The van der Waals surface area contributed by atoms with E-state index in [0.29, 0.717) is 25.6 Å². The molecule has 2 fully saturated rings. The van der Waals surface area contributed by atoms with Gasteiger partial charge in [-0.3, -0.25) is 14.5 Å². The van der Waals surface area contributed by atoms with Crippen molar-refractivity contribution in [2.24, 2.45) is 5.92 Å². The molecule has 0 radical (unpaired) electrons. The number of aliphatic hydroxyl groups is 1. The van der Waals surface area contributed by atoms with Gasteiger partial charge in [0.2, 0.25) is 11.8 Å². The van der Waals surface area contributed by atoms with Crippen LogP contribution in [-0.4, -0.2) is 53.6 Å². The first-order chi connectivity index (χ1) is 24.3. The molecule has 268 valence electrons. The van der Waals surface area contributed by atoms with E-state index in [1.807, 2.05) is 30.3 Å². The van der Waals surface area contributed by atoms with Crippen LogP contribution in [0, 0.1) is 5.92 Å². The maximum absolute atomic E-state index is 12.4. The zero-order valence-electron chi connectivity index (χ0n) is 29.8. The number of hydrogen-bond donors (Lipinski definition) is 3. The summed E-state index contributed by atoms with van der Waals surface area (Å²) >= 11 is 0. The number of rotatable bonds is 17. The van der Waals surface area contributed by atoms with E-state index in [0.717, 1.165) is 65.7 Å². The van der Waals surface area contributed by atoms with Gasteiger partial charge < -0.3 is 25.2 Å². The molecule has 0 aromatic heterocycles. The maximum Gasteiger partial charge on any atom is 0.220 e. The summed E-state index contributed by atoms with van der Waals surface area (Å²) in [7, 11) is 0. The molecule has 1 aliphatic carbocycles. The second-order valence-corrected chi connectivity index (χ2v) is 13.9. The van der Waals surface area contributed by atoms with Crippen LogP contribution in [0.15, 0.2) is 85.5 Å². The lowest BCUT2D eigenvalue weighted by Crippen LogP contribution is -2.47. The standard InChI is InChI=1S/C42H55N3O5/c1-4-25-45(38-13-7-8-14-38)28-39-30(2)41(35-18-16-32(29-46)17-19-35)50-42(49-39)36-22-20-34(21-23-36)37-12-10-11-33(26-37)27-44-40(48)15-6-5-9-24-43-31(3)47/h4,10-12,16-23,26,30,38-39,41-42,46H,1,5-9,13-15,24-25,27-29H2,2-3H3,(H,43,47)(H,44,48)/t30-,39+,41+,42+/m0/s1. The minimum absolute atomic E-state index is 0.0144. The van der Waals surface area contributed by atoms with Gasteiger partial charge in [0.25, 0.3) is 0 Å². The number of amides is 2. The van der Waals surface area contributed by atoms with Crippen LogP contribution in [0.25, 0.3) is 11.1 Å². The van der Waals surface area contributed by atoms with E-state index in [9.17, 15) is 14.7 Å². The Balaban J connectivity index is 1.24. The highest BCUT2D eigenvalue weighted by Gasteiger charge is 2.40. The van der Waals surface area contributed by atoms with Crippen LogP contribution < -0.4 is 10.6 Å². The van der Waals surface area contributed by atoms with Crippen LogP contribution in [0.3, 0.4) is 0 Å². The smallest absolute Gasteiger partial charge is 0.220 e. The molecule has 0 bridgehead atoms. The molecule has 1 heterocycles. The highest BCUT2D eigenvalue weighted by atomic mass is 16.7. The molecular formula is C42H55N3O5. The van der Waals surface area contributed by atoms with Gasteiger partial charge in [-0.05, 0) is 59.6 Å². The van der Waals surface area contributed by atoms with E-state index in [1.165, 1.54) is 32.6 Å². The van der Waals surface area contributed by atoms with Gasteiger partial charge >= 0.3 is 0 Å². The third kappa shape index (κ3) is 10.6. The lowest BCUT2D eigenvalue weighted by molar-refractivity contribution is -0.276. The third-order valence-electron chi connectivity index (χ3n) is 10.1. The Morgan fingerprint density at radius 2 is 1.64 bits per heavy atom. The third-order valence-corrected chi connectivity index (χ3v) is 10.1. The first-order valence-electron chi connectivity index (χ1n) is 18.4. The molecule has 0 spiro atoms. The molecule has 3 aromatic carbocycles. The van der Waals surface area contributed by atoms with Gasteiger partial charge in [0.15, 0.2) is 6.29 Å². The summed E-state index contributed by atoms with van der Waals surface area (Å²) in [6.45, 7) is 10.6. The molecule has 3 aromatic rings. The van der Waals surface area contributed by atoms with Gasteiger partial charge in [-0.2, -0.15) is 0 Å². The van der Waals surface area contributed by atoms with Crippen molar-refractivity contribution in [3.8, 4) is 11.1 Å². The highest BCUT2D eigenvalue weighted by Crippen LogP contribution is 2.42. The second-order valence-electron chi connectivity index (χ2n) is 13.9. The Hall–Kier alpha value is -3.82. The topological polar surface area (TPSA) is 100 Å². The van der Waals surface area contributed by atoms with Gasteiger partial charge in [-0.15, -0.1) is 6.58 Å². The van der Waals surface area contributed by atoms with Crippen molar-refractivity contribution in [3.63, 3.8) is 0 Å². The van der Waals surface area contributed by atoms with Crippen molar-refractivity contribution in [3.05, 3.63) is 108 Å². The molecule has 4 atom stereocenters. The van der Waals surface area contributed by atoms with Crippen LogP contribution >= 0.6 is 0 Å². The molecule has 3 N–H and O–H groups in total. The van der Waals surface area contributed by atoms with Crippen LogP contribution in [-0.2, 0) is 32.2 Å². The number of benzene rings is 3. The predicted molar refractivity (Wildman–Crippen MR) is 198 cm³/mol. The minimum atomic E-state index is -0.520. The van der Waals surface area contributed by atoms with Crippen molar-refractivity contribution in [2.45, 2.75) is 103 Å². The number of nitrogens with zero attached hydrogens (tertiary/aromatic N) is 1. The summed E-state index contributed by atoms with van der Waals surface area (Å²) in [6, 6.07) is 25.3. The lowest BCUT2D eigenvalue weighted by atomic mass is 9.89. The first kappa shape index (κ1) is 37.4. The number of unbranched alkanes of at least 4 members (excludes halogenated alkanes) is 2. The van der Waals surface area contributed by atoms with Gasteiger partial charge in [-0.25, -0.2) is 0 Å². The summed E-state index contributed by atoms with van der Waals surface area (Å²) in [5.74, 6) is 0.142. The lowest BCUT2D eigenvalue weighted by Gasteiger charge is -2.43. The van der Waals surface area contributed by atoms with Crippen LogP contribution in [0.5, 0.6) is 0 Å². The quantitative estimate of drug-likeness (QED) is 0.102. The number of aliphatic hydroxyl groups excluding tert-OH is 1. The number of nitrogens with one attached hydrogen (secondary N) is 2. The average Bonchev–Trinajstić information content (AvgIpc) is 3.68. The highest BCUT2D eigenvalue weighted by molar-refractivity contribution is 5.76. The molecule has 1 saturated carbocycles. The number of carbonyl (C=O) groups is 2. The number of hydrogen-bond acceptors (Lipinski definition) is 6. The predicted octanol–water partition coefficient (Wildman–Crippen LogP) is 7.38. The van der Waals surface area contributed by atoms with Gasteiger partial charge in [0.05, 0.1) is 18.8 Å². The van der Waals surface area contributed by atoms with Crippen molar-refractivity contribution < 1.29 is 24.2 Å². The van der Waals surface area contributed by atoms with Crippen LogP contribution in [0.2, 0.25) is 0 Å². The average molecular weight is 682 g/mol. The van der Waals surface area contributed by atoms with E-state index in [-0.39, 0.29) is 36.5 Å². The summed E-state index contributed by atoms with van der Waals surface area (Å²) in [4.78, 5) is 25.9. The number of ether oxygens (including phenoxy) is 2. The van der Waals surface area contributed by atoms with Crippen LogP contribution in [0.1, 0.15) is 99.9 Å². The van der Waals surface area contributed by atoms with E-state index >= 15 is 0 Å². The SMILES string of the molecule is C=CCN(C[C@H]1O[C@@H](c2ccc(-c3cccc(CNC(=O)CCCCCNC(C)=O)c3)cc2)O[C@@H](c2ccc(CO)cc2)[C@H]1C)C1CCCC1. The Morgan fingerprint density at radius 1 is 0.900 bits per heavy atom. The molecule has 1 saturated heterocycles. The summed E-state index contributed by atoms with van der Waals surface area (Å²) in [5.41, 5.74) is 6.15. The van der Waals surface area contributed by atoms with E-state index in [1.54, 1.807) is 0 Å². The first-order valence-corrected chi connectivity index (χ1v) is 18.4. The summed E-state index contributed by atoms with van der Waals surface area (Å²) in [5, 5.41) is 15.5. The zero-order valence-corrected chi connectivity index (χ0v) is 29.8. The zero-order chi connectivity index (χ0) is 35.3. The molecule has 50 heavy (non-hydrogen) atoms. The molecule has 1 aliphatic heterocycles. The maximum atomic E-state index is 12.4. The van der Waals surface area contributed by atoms with Crippen molar-refractivity contribution in [1.29, 1.82) is 0 Å². The second kappa shape index (κ2) is 19.0. The van der Waals surface area contributed by atoms with Crippen molar-refractivity contribution in [2.75, 3.05) is 19.6 Å². The normalized spacial score (nSPS) is 20.9. The fraction of sp³-hybridized carbons (Fsp3) is 0.476. The number of carbonyl (C=O) groups excluding carboxylic acids is 2. The Labute approximate surface area is 298 Å². The monoisotopic (exact) mass is 681 g/mol. The van der Waals surface area contributed by atoms with Gasteiger partial charge in [-0.1, -0.05) is 99.0 Å². The largest absolute Gasteiger partial charge is 0.392 e. The van der Waals surface area contributed by atoms with E-state index in [2.05, 4.69) is 77.6 Å². The fourth-order valence-corrected chi connectivity index (χ4v) is 7.20. The molecule has 2 aliphatic rings. The minimum Gasteiger partial charge on any atom is -0.392 e. The van der Waals surface area contributed by atoms with Crippen molar-refractivity contribution in [1.82, 2.24) is 15.5 Å².